The Morgan fingerprint density at radius 3 is 2.85 bits per heavy atom. The molecule has 2 N–H and O–H groups in total. The summed E-state index contributed by atoms with van der Waals surface area (Å²) in [7, 11) is 1.37. The Labute approximate surface area is 77.7 Å². The maximum atomic E-state index is 10.9. The highest BCUT2D eigenvalue weighted by molar-refractivity contribution is 5.71. The standard InChI is InChI=1S/C8H15N3O2/c1-6(2)7-4-11(10-9-7)5-8(12)13-3/h4,6,9-10H,5H2,1-3H3. The van der Waals surface area contributed by atoms with Gasteiger partial charge in [0.15, 0.2) is 0 Å². The summed E-state index contributed by atoms with van der Waals surface area (Å²) in [6.45, 7) is 4.35. The highest BCUT2D eigenvalue weighted by Crippen LogP contribution is 2.09. The van der Waals surface area contributed by atoms with E-state index >= 15 is 0 Å². The Bertz CT molecular complexity index is 225. The molecule has 74 valence electrons. The highest BCUT2D eigenvalue weighted by Gasteiger charge is 2.15. The minimum absolute atomic E-state index is 0.208. The maximum Gasteiger partial charge on any atom is 0.326 e. The first-order valence-electron chi connectivity index (χ1n) is 4.20. The van der Waals surface area contributed by atoms with Gasteiger partial charge in [0, 0.05) is 11.9 Å². The molecule has 0 aromatic carbocycles. The van der Waals surface area contributed by atoms with Crippen molar-refractivity contribution < 1.29 is 9.53 Å². The second-order valence-corrected chi connectivity index (χ2v) is 3.18. The van der Waals surface area contributed by atoms with Crippen molar-refractivity contribution in [3.8, 4) is 0 Å². The van der Waals surface area contributed by atoms with E-state index in [0.29, 0.717) is 5.92 Å². The lowest BCUT2D eigenvalue weighted by molar-refractivity contribution is -0.141. The topological polar surface area (TPSA) is 53.6 Å². The monoisotopic (exact) mass is 185 g/mol. The van der Waals surface area contributed by atoms with Crippen LogP contribution in [0.5, 0.6) is 0 Å². The van der Waals surface area contributed by atoms with Gasteiger partial charge in [-0.3, -0.25) is 9.80 Å². The summed E-state index contributed by atoms with van der Waals surface area (Å²) in [5, 5.41) is 1.65. The molecule has 1 heterocycles. The molecule has 0 unspecified atom stereocenters. The molecule has 0 atom stereocenters. The van der Waals surface area contributed by atoms with Gasteiger partial charge in [-0.25, -0.2) is 0 Å². The smallest absolute Gasteiger partial charge is 0.326 e. The van der Waals surface area contributed by atoms with Crippen LogP contribution >= 0.6 is 0 Å². The molecular formula is C8H15N3O2. The van der Waals surface area contributed by atoms with E-state index in [1.54, 1.807) is 5.01 Å². The largest absolute Gasteiger partial charge is 0.468 e. The van der Waals surface area contributed by atoms with E-state index in [2.05, 4.69) is 29.5 Å². The summed E-state index contributed by atoms with van der Waals surface area (Å²) in [5.41, 5.74) is 6.87. The molecule has 5 heteroatoms. The number of carbonyl (C=O) groups is 1. The van der Waals surface area contributed by atoms with E-state index in [-0.39, 0.29) is 12.5 Å². The Kier molecular flexibility index (Phi) is 3.13. The summed E-state index contributed by atoms with van der Waals surface area (Å²) in [6, 6.07) is 0. The summed E-state index contributed by atoms with van der Waals surface area (Å²) >= 11 is 0. The molecule has 0 fully saturated rings. The second-order valence-electron chi connectivity index (χ2n) is 3.18. The Morgan fingerprint density at radius 1 is 1.69 bits per heavy atom. The van der Waals surface area contributed by atoms with Crippen molar-refractivity contribution in [2.75, 3.05) is 13.7 Å². The van der Waals surface area contributed by atoms with Gasteiger partial charge in [0.25, 0.3) is 0 Å². The Morgan fingerprint density at radius 2 is 2.38 bits per heavy atom. The van der Waals surface area contributed by atoms with Gasteiger partial charge in [-0.1, -0.05) is 13.8 Å². The number of esters is 1. The molecule has 13 heavy (non-hydrogen) atoms. The maximum absolute atomic E-state index is 10.9. The van der Waals surface area contributed by atoms with Crippen LogP contribution in [0.2, 0.25) is 0 Å². The number of carbonyl (C=O) groups excluding carboxylic acids is 1. The number of ether oxygens (including phenoxy) is 1. The molecule has 5 nitrogen and oxygen atoms in total. The Balaban J connectivity index is 2.43. The molecule has 1 rings (SSSR count). The summed E-state index contributed by atoms with van der Waals surface area (Å²) in [4.78, 5) is 10.9. The number of methoxy groups -OCH3 is 1. The van der Waals surface area contributed by atoms with Crippen molar-refractivity contribution in [2.45, 2.75) is 13.8 Å². The van der Waals surface area contributed by atoms with Crippen LogP contribution in [0.1, 0.15) is 13.8 Å². The van der Waals surface area contributed by atoms with Gasteiger partial charge < -0.3 is 10.2 Å². The number of allylic oxidation sites excluding steroid dienone is 1. The quantitative estimate of drug-likeness (QED) is 0.605. The number of hydrogen-bond acceptors (Lipinski definition) is 5. The zero-order valence-electron chi connectivity index (χ0n) is 8.13. The predicted molar refractivity (Wildman–Crippen MR) is 47.9 cm³/mol. The van der Waals surface area contributed by atoms with Crippen molar-refractivity contribution >= 4 is 5.97 Å². The molecule has 0 aromatic heterocycles. The van der Waals surface area contributed by atoms with E-state index in [4.69, 9.17) is 0 Å². The lowest BCUT2D eigenvalue weighted by Crippen LogP contribution is -2.40. The van der Waals surface area contributed by atoms with Crippen molar-refractivity contribution in [3.05, 3.63) is 11.9 Å². The molecule has 0 aliphatic carbocycles. The first-order valence-corrected chi connectivity index (χ1v) is 4.20. The Hall–Kier alpha value is -1.23. The number of nitrogens with one attached hydrogen (secondary N) is 2. The number of nitrogens with zero attached hydrogens (tertiary/aromatic N) is 1. The first-order chi connectivity index (χ1) is 6.13. The number of hydrazine groups is 2. The van der Waals surface area contributed by atoms with Crippen LogP contribution in [-0.4, -0.2) is 24.6 Å². The molecular weight excluding hydrogens is 170 g/mol. The molecule has 0 bridgehead atoms. The van der Waals surface area contributed by atoms with E-state index in [1.165, 1.54) is 7.11 Å². The molecule has 1 aliphatic heterocycles. The predicted octanol–water partition coefficient (Wildman–Crippen LogP) is -0.0184. The van der Waals surface area contributed by atoms with Crippen LogP contribution in [0, 0.1) is 5.92 Å². The van der Waals surface area contributed by atoms with Crippen LogP contribution in [0.25, 0.3) is 0 Å². The molecule has 0 saturated carbocycles. The van der Waals surface area contributed by atoms with Crippen LogP contribution in [0.3, 0.4) is 0 Å². The normalized spacial score (nSPS) is 15.7. The van der Waals surface area contributed by atoms with Crippen LogP contribution in [0.4, 0.5) is 0 Å². The zero-order valence-corrected chi connectivity index (χ0v) is 8.13. The van der Waals surface area contributed by atoms with Crippen molar-refractivity contribution in [1.82, 2.24) is 16.0 Å². The lowest BCUT2D eigenvalue weighted by atomic mass is 10.2. The summed E-state index contributed by atoms with van der Waals surface area (Å²) in [6.07, 6.45) is 1.86. The molecule has 0 aromatic rings. The molecule has 1 aliphatic rings. The van der Waals surface area contributed by atoms with Crippen molar-refractivity contribution in [3.63, 3.8) is 0 Å². The number of hydrogen-bond donors (Lipinski definition) is 2. The first kappa shape index (κ1) is 9.85. The molecule has 0 amide bonds. The van der Waals surface area contributed by atoms with Gasteiger partial charge in [0.05, 0.1) is 7.11 Å². The molecule has 0 spiro atoms. The average molecular weight is 185 g/mol. The lowest BCUT2D eigenvalue weighted by Gasteiger charge is -2.12. The van der Waals surface area contributed by atoms with E-state index in [1.807, 2.05) is 6.20 Å². The van der Waals surface area contributed by atoms with Gasteiger partial charge in [-0.05, 0) is 5.92 Å². The van der Waals surface area contributed by atoms with Crippen LogP contribution in [0.15, 0.2) is 11.9 Å². The zero-order chi connectivity index (χ0) is 9.84. The number of rotatable bonds is 3. The second kappa shape index (κ2) is 4.13. The SMILES string of the molecule is COC(=O)CN1C=C(C(C)C)NN1. The summed E-state index contributed by atoms with van der Waals surface area (Å²) < 4.78 is 4.53. The third-order valence-electron chi connectivity index (χ3n) is 1.79. The molecule has 0 radical (unpaired) electrons. The van der Waals surface area contributed by atoms with Gasteiger partial charge in [-0.2, -0.15) is 0 Å². The van der Waals surface area contributed by atoms with E-state index in [9.17, 15) is 4.79 Å². The van der Waals surface area contributed by atoms with Gasteiger partial charge in [-0.15, -0.1) is 5.53 Å². The summed E-state index contributed by atoms with van der Waals surface area (Å²) in [5.74, 6) is 0.144. The van der Waals surface area contributed by atoms with Crippen molar-refractivity contribution in [2.24, 2.45) is 5.92 Å². The third-order valence-corrected chi connectivity index (χ3v) is 1.79. The fourth-order valence-corrected chi connectivity index (χ4v) is 0.951. The van der Waals surface area contributed by atoms with Gasteiger partial charge >= 0.3 is 5.97 Å². The van der Waals surface area contributed by atoms with Gasteiger partial charge in [0.2, 0.25) is 0 Å². The van der Waals surface area contributed by atoms with Crippen molar-refractivity contribution in [1.29, 1.82) is 0 Å². The average Bonchev–Trinajstić information content (AvgIpc) is 2.52. The van der Waals surface area contributed by atoms with E-state index < -0.39 is 0 Å². The fraction of sp³-hybridized carbons (Fsp3) is 0.625. The molecule has 0 saturated heterocycles. The van der Waals surface area contributed by atoms with Gasteiger partial charge in [0.1, 0.15) is 6.54 Å². The van der Waals surface area contributed by atoms with Crippen LogP contribution in [-0.2, 0) is 9.53 Å². The minimum Gasteiger partial charge on any atom is -0.468 e. The third kappa shape index (κ3) is 2.62. The highest BCUT2D eigenvalue weighted by atomic mass is 16.5. The fourth-order valence-electron chi connectivity index (χ4n) is 0.951. The minimum atomic E-state index is -0.268. The van der Waals surface area contributed by atoms with Crippen LogP contribution < -0.4 is 11.0 Å². The van der Waals surface area contributed by atoms with E-state index in [0.717, 1.165) is 5.70 Å².